The molecule has 5 nitrogen and oxygen atoms in total. The minimum absolute atomic E-state index is 0. The van der Waals surface area contributed by atoms with Gasteiger partial charge in [-0.25, -0.2) is 0 Å². The Morgan fingerprint density at radius 1 is 0.935 bits per heavy atom. The Bertz CT molecular complexity index is 1030. The van der Waals surface area contributed by atoms with Crippen LogP contribution >= 0.6 is 12.4 Å². The second-order valence-electron chi connectivity index (χ2n) is 7.60. The summed E-state index contributed by atoms with van der Waals surface area (Å²) in [6, 6.07) is 20.4. The van der Waals surface area contributed by atoms with Crippen LogP contribution in [-0.2, 0) is 19.4 Å². The number of nitrogens with one attached hydrogen (secondary N) is 1. The maximum atomic E-state index is 11.4. The number of hydrogen-bond donors (Lipinski definition) is 2. The van der Waals surface area contributed by atoms with Crippen molar-refractivity contribution in [1.29, 1.82) is 0 Å². The Morgan fingerprint density at radius 3 is 2.10 bits per heavy atom. The first-order chi connectivity index (χ1) is 14.6. The van der Waals surface area contributed by atoms with E-state index in [1.165, 1.54) is 16.7 Å². The lowest BCUT2D eigenvalue weighted by molar-refractivity contribution is 0.100. The van der Waals surface area contributed by atoms with Crippen LogP contribution in [0.3, 0.4) is 0 Å². The molecule has 0 saturated heterocycles. The van der Waals surface area contributed by atoms with Crippen LogP contribution in [0.4, 0.5) is 0 Å². The molecule has 0 atom stereocenters. The topological polar surface area (TPSA) is 73.6 Å². The number of nitrogens with two attached hydrogens (primary N) is 1. The van der Waals surface area contributed by atoms with E-state index in [0.717, 1.165) is 42.0 Å². The van der Waals surface area contributed by atoms with Gasteiger partial charge in [-0.05, 0) is 64.9 Å². The lowest BCUT2D eigenvalue weighted by Crippen LogP contribution is -2.28. The van der Waals surface area contributed by atoms with E-state index >= 15 is 0 Å². The number of carbonyl (C=O) groups is 1. The van der Waals surface area contributed by atoms with Crippen LogP contribution in [0, 0.1) is 0 Å². The molecular formula is C25H27ClN2O3. The Kier molecular flexibility index (Phi) is 7.21. The van der Waals surface area contributed by atoms with Gasteiger partial charge in [0.15, 0.2) is 11.5 Å². The van der Waals surface area contributed by atoms with Crippen LogP contribution in [0.25, 0.3) is 11.1 Å². The summed E-state index contributed by atoms with van der Waals surface area (Å²) < 4.78 is 10.8. The van der Waals surface area contributed by atoms with Gasteiger partial charge in [0.05, 0.1) is 14.2 Å². The number of hydrogen-bond acceptors (Lipinski definition) is 4. The standard InChI is InChI=1S/C25H26N2O3.ClH/c1-29-23-13-20-11-22(12-21(20)14-24(23)30-2)27-15-16-6-8-17(9-7-16)18-4-3-5-19(10-18)25(26)28;/h3-10,13-14,22,27H,11-12,15H2,1-2H3,(H2,26,28);1H. The lowest BCUT2D eigenvalue weighted by atomic mass is 10.0. The van der Waals surface area contributed by atoms with Gasteiger partial charge in [-0.1, -0.05) is 36.4 Å². The lowest BCUT2D eigenvalue weighted by Gasteiger charge is -2.12. The van der Waals surface area contributed by atoms with Crippen molar-refractivity contribution in [3.8, 4) is 22.6 Å². The Hall–Kier alpha value is -3.02. The highest BCUT2D eigenvalue weighted by Crippen LogP contribution is 2.35. The minimum Gasteiger partial charge on any atom is -0.493 e. The molecule has 0 unspecified atom stereocenters. The smallest absolute Gasteiger partial charge is 0.248 e. The first kappa shape index (κ1) is 22.7. The van der Waals surface area contributed by atoms with Gasteiger partial charge in [0.1, 0.15) is 0 Å². The first-order valence-corrected chi connectivity index (χ1v) is 10.0. The van der Waals surface area contributed by atoms with Crippen LogP contribution in [0.1, 0.15) is 27.0 Å². The summed E-state index contributed by atoms with van der Waals surface area (Å²) in [7, 11) is 3.34. The highest BCUT2D eigenvalue weighted by molar-refractivity contribution is 5.94. The molecule has 0 aromatic heterocycles. The number of halogens is 1. The predicted molar refractivity (Wildman–Crippen MR) is 125 cm³/mol. The molecule has 0 aliphatic heterocycles. The Morgan fingerprint density at radius 2 is 1.55 bits per heavy atom. The third-order valence-corrected chi connectivity index (χ3v) is 5.67. The molecule has 4 rings (SSSR count). The third-order valence-electron chi connectivity index (χ3n) is 5.67. The van der Waals surface area contributed by atoms with E-state index in [-0.39, 0.29) is 12.4 Å². The number of amides is 1. The molecule has 3 aromatic carbocycles. The molecule has 0 fully saturated rings. The zero-order valence-corrected chi connectivity index (χ0v) is 18.5. The normalized spacial score (nSPS) is 12.7. The Labute approximate surface area is 189 Å². The van der Waals surface area contributed by atoms with Gasteiger partial charge in [0.25, 0.3) is 0 Å². The molecule has 6 heteroatoms. The van der Waals surface area contributed by atoms with E-state index in [2.05, 4.69) is 41.7 Å². The molecule has 0 bridgehead atoms. The van der Waals surface area contributed by atoms with Crippen molar-refractivity contribution >= 4 is 18.3 Å². The fourth-order valence-electron chi connectivity index (χ4n) is 4.02. The van der Waals surface area contributed by atoms with Gasteiger partial charge in [0.2, 0.25) is 5.91 Å². The average molecular weight is 439 g/mol. The van der Waals surface area contributed by atoms with Gasteiger partial charge in [-0.15, -0.1) is 12.4 Å². The summed E-state index contributed by atoms with van der Waals surface area (Å²) in [5.41, 5.74) is 11.8. The summed E-state index contributed by atoms with van der Waals surface area (Å²) in [5.74, 6) is 1.16. The van der Waals surface area contributed by atoms with Gasteiger partial charge >= 0.3 is 0 Å². The number of ether oxygens (including phenoxy) is 2. The van der Waals surface area contributed by atoms with Crippen molar-refractivity contribution < 1.29 is 14.3 Å². The van der Waals surface area contributed by atoms with Gasteiger partial charge < -0.3 is 20.5 Å². The monoisotopic (exact) mass is 438 g/mol. The van der Waals surface area contributed by atoms with Gasteiger partial charge in [0, 0.05) is 18.2 Å². The van der Waals surface area contributed by atoms with Crippen molar-refractivity contribution in [2.24, 2.45) is 5.73 Å². The second-order valence-corrected chi connectivity index (χ2v) is 7.60. The summed E-state index contributed by atoms with van der Waals surface area (Å²) in [6.45, 7) is 0.800. The molecule has 0 radical (unpaired) electrons. The molecule has 3 aromatic rings. The van der Waals surface area contributed by atoms with Crippen molar-refractivity contribution in [3.63, 3.8) is 0 Å². The first-order valence-electron chi connectivity index (χ1n) is 10.0. The van der Waals surface area contributed by atoms with Crippen LogP contribution in [0.2, 0.25) is 0 Å². The fraction of sp³-hybridized carbons (Fsp3) is 0.240. The molecule has 0 heterocycles. The number of fused-ring (bicyclic) bond motifs is 1. The number of benzene rings is 3. The van der Waals surface area contributed by atoms with Crippen LogP contribution < -0.4 is 20.5 Å². The fourth-order valence-corrected chi connectivity index (χ4v) is 4.02. The second kappa shape index (κ2) is 9.86. The summed E-state index contributed by atoms with van der Waals surface area (Å²) >= 11 is 0. The Balaban J connectivity index is 0.00000272. The highest BCUT2D eigenvalue weighted by atomic mass is 35.5. The molecule has 1 amide bonds. The van der Waals surface area contributed by atoms with E-state index in [1.807, 2.05) is 18.2 Å². The molecule has 3 N–H and O–H groups in total. The largest absolute Gasteiger partial charge is 0.493 e. The number of methoxy groups -OCH3 is 2. The molecule has 1 aliphatic rings. The molecular weight excluding hydrogens is 412 g/mol. The number of primary amides is 1. The van der Waals surface area contributed by atoms with Crippen LogP contribution in [0.15, 0.2) is 60.7 Å². The van der Waals surface area contributed by atoms with E-state index in [9.17, 15) is 4.79 Å². The third kappa shape index (κ3) is 5.01. The molecule has 31 heavy (non-hydrogen) atoms. The van der Waals surface area contributed by atoms with Gasteiger partial charge in [-0.2, -0.15) is 0 Å². The zero-order valence-electron chi connectivity index (χ0n) is 17.7. The van der Waals surface area contributed by atoms with E-state index in [4.69, 9.17) is 15.2 Å². The van der Waals surface area contributed by atoms with Crippen molar-refractivity contribution in [2.45, 2.75) is 25.4 Å². The quantitative estimate of drug-likeness (QED) is 0.581. The highest BCUT2D eigenvalue weighted by Gasteiger charge is 2.23. The van der Waals surface area contributed by atoms with E-state index in [1.54, 1.807) is 20.3 Å². The molecule has 0 spiro atoms. The summed E-state index contributed by atoms with van der Waals surface area (Å²) in [5, 5.41) is 3.66. The predicted octanol–water partition coefficient (Wildman–Crippen LogP) is 4.15. The average Bonchev–Trinajstić information content (AvgIpc) is 3.18. The van der Waals surface area contributed by atoms with Crippen molar-refractivity contribution in [1.82, 2.24) is 5.32 Å². The molecule has 0 saturated carbocycles. The number of carbonyl (C=O) groups excluding carboxylic acids is 1. The van der Waals surface area contributed by atoms with Crippen LogP contribution in [0.5, 0.6) is 11.5 Å². The van der Waals surface area contributed by atoms with E-state index in [0.29, 0.717) is 11.6 Å². The maximum absolute atomic E-state index is 11.4. The summed E-state index contributed by atoms with van der Waals surface area (Å²) in [4.78, 5) is 11.4. The molecule has 1 aliphatic carbocycles. The van der Waals surface area contributed by atoms with Gasteiger partial charge in [-0.3, -0.25) is 4.79 Å². The minimum atomic E-state index is -0.412. The summed E-state index contributed by atoms with van der Waals surface area (Å²) in [6.07, 6.45) is 1.96. The number of rotatable bonds is 7. The van der Waals surface area contributed by atoms with Crippen molar-refractivity contribution in [2.75, 3.05) is 14.2 Å². The zero-order chi connectivity index (χ0) is 21.1. The molecule has 162 valence electrons. The SMILES string of the molecule is COc1cc2c(cc1OC)CC(NCc1ccc(-c3cccc(C(N)=O)c3)cc1)C2.Cl. The maximum Gasteiger partial charge on any atom is 0.248 e. The van der Waals surface area contributed by atoms with E-state index < -0.39 is 5.91 Å². The van der Waals surface area contributed by atoms with Crippen molar-refractivity contribution in [3.05, 3.63) is 82.9 Å². The van der Waals surface area contributed by atoms with Crippen LogP contribution in [-0.4, -0.2) is 26.2 Å².